The molecule has 1 aliphatic rings. The molecule has 0 atom stereocenters. The lowest BCUT2D eigenvalue weighted by Crippen LogP contribution is -2.47. The number of nitriles is 1. The van der Waals surface area contributed by atoms with Crippen molar-refractivity contribution in [1.82, 2.24) is 9.97 Å². The first-order valence-corrected chi connectivity index (χ1v) is 8.10. The second kappa shape index (κ2) is 6.75. The third-order valence-corrected chi connectivity index (χ3v) is 4.17. The second-order valence-electron chi connectivity index (χ2n) is 6.20. The molecule has 0 radical (unpaired) electrons. The van der Waals surface area contributed by atoms with Crippen LogP contribution in [0.5, 0.6) is 0 Å². The fourth-order valence-electron chi connectivity index (χ4n) is 2.86. The van der Waals surface area contributed by atoms with Crippen LogP contribution in [-0.2, 0) is 0 Å². The molecule has 1 aliphatic heterocycles. The Labute approximate surface area is 143 Å². The smallest absolute Gasteiger partial charge is 0.226 e. The summed E-state index contributed by atoms with van der Waals surface area (Å²) >= 11 is 0. The summed E-state index contributed by atoms with van der Waals surface area (Å²) in [5, 5.41) is 9.05. The molecule has 0 aliphatic carbocycles. The number of hydrogen-bond donors (Lipinski definition) is 0. The van der Waals surface area contributed by atoms with Gasteiger partial charge >= 0.3 is 0 Å². The lowest BCUT2D eigenvalue weighted by Gasteiger charge is -2.37. The van der Waals surface area contributed by atoms with Gasteiger partial charge in [0.15, 0.2) is 0 Å². The molecule has 6 nitrogen and oxygen atoms in total. The molecule has 0 amide bonds. The molecular weight excluding hydrogens is 300 g/mol. The van der Waals surface area contributed by atoms with Gasteiger partial charge in [0.1, 0.15) is 5.82 Å². The Balaban J connectivity index is 1.72. The van der Waals surface area contributed by atoms with E-state index in [1.807, 2.05) is 50.2 Å². The molecule has 0 saturated carbocycles. The fourth-order valence-corrected chi connectivity index (χ4v) is 2.86. The monoisotopic (exact) mass is 322 g/mol. The minimum Gasteiger partial charge on any atom is -0.368 e. The van der Waals surface area contributed by atoms with E-state index in [0.717, 1.165) is 49.3 Å². The Kier molecular flexibility index (Phi) is 4.52. The van der Waals surface area contributed by atoms with Gasteiger partial charge in [-0.2, -0.15) is 10.2 Å². The van der Waals surface area contributed by atoms with Crippen molar-refractivity contribution in [2.24, 2.45) is 0 Å². The molecule has 24 heavy (non-hydrogen) atoms. The molecule has 6 heteroatoms. The highest BCUT2D eigenvalue weighted by Gasteiger charge is 2.19. The van der Waals surface area contributed by atoms with Gasteiger partial charge in [-0.1, -0.05) is 6.07 Å². The average Bonchev–Trinajstić information content (AvgIpc) is 2.61. The number of aromatic nitrogens is 2. The molecule has 1 saturated heterocycles. The van der Waals surface area contributed by atoms with Crippen molar-refractivity contribution in [1.29, 1.82) is 5.26 Å². The molecule has 0 spiro atoms. The van der Waals surface area contributed by atoms with Crippen molar-refractivity contribution in [3.63, 3.8) is 0 Å². The topological polar surface area (TPSA) is 59.3 Å². The van der Waals surface area contributed by atoms with Crippen LogP contribution in [0.3, 0.4) is 0 Å². The lowest BCUT2D eigenvalue weighted by atomic mass is 10.2. The van der Waals surface area contributed by atoms with Crippen LogP contribution in [0.25, 0.3) is 0 Å². The van der Waals surface area contributed by atoms with E-state index in [2.05, 4.69) is 31.9 Å². The summed E-state index contributed by atoms with van der Waals surface area (Å²) in [4.78, 5) is 15.7. The number of aryl methyl sites for hydroxylation is 1. The van der Waals surface area contributed by atoms with Crippen molar-refractivity contribution in [2.75, 3.05) is 55.0 Å². The first-order valence-electron chi connectivity index (χ1n) is 8.10. The van der Waals surface area contributed by atoms with Crippen molar-refractivity contribution in [2.45, 2.75) is 6.92 Å². The predicted octanol–water partition coefficient (Wildman–Crippen LogP) is 2.05. The molecule has 1 aromatic heterocycles. The highest BCUT2D eigenvalue weighted by Crippen LogP contribution is 2.21. The minimum atomic E-state index is 0.706. The first-order chi connectivity index (χ1) is 11.6. The van der Waals surface area contributed by atoms with Gasteiger partial charge < -0.3 is 14.7 Å². The SMILES string of the molecule is Cc1cc(N2CCN(c3cccc(C#N)c3)CC2)nc(N(C)C)n1. The number of piperazine rings is 1. The van der Waals surface area contributed by atoms with Crippen LogP contribution in [0.2, 0.25) is 0 Å². The van der Waals surface area contributed by atoms with E-state index in [0.29, 0.717) is 5.56 Å². The Morgan fingerprint density at radius 1 is 1.04 bits per heavy atom. The van der Waals surface area contributed by atoms with Gasteiger partial charge in [-0.25, -0.2) is 4.98 Å². The van der Waals surface area contributed by atoms with Crippen LogP contribution in [0.15, 0.2) is 30.3 Å². The summed E-state index contributed by atoms with van der Waals surface area (Å²) in [6.07, 6.45) is 0. The zero-order valence-electron chi connectivity index (χ0n) is 14.4. The summed E-state index contributed by atoms with van der Waals surface area (Å²) in [7, 11) is 3.91. The van der Waals surface area contributed by atoms with Crippen LogP contribution in [0.4, 0.5) is 17.5 Å². The molecule has 0 bridgehead atoms. The number of rotatable bonds is 3. The molecule has 1 aromatic carbocycles. The molecule has 1 fully saturated rings. The minimum absolute atomic E-state index is 0.706. The zero-order valence-corrected chi connectivity index (χ0v) is 14.4. The lowest BCUT2D eigenvalue weighted by molar-refractivity contribution is 0.646. The standard InChI is InChI=1S/C18H22N6/c1-14-11-17(21-18(20-14)22(2)3)24-9-7-23(8-10-24)16-6-4-5-15(12-16)13-19/h4-6,11-12H,7-10H2,1-3H3. The van der Waals surface area contributed by atoms with Crippen molar-refractivity contribution < 1.29 is 0 Å². The van der Waals surface area contributed by atoms with E-state index in [-0.39, 0.29) is 0 Å². The number of hydrogen-bond acceptors (Lipinski definition) is 6. The van der Waals surface area contributed by atoms with Gasteiger partial charge in [0, 0.05) is 57.7 Å². The molecule has 0 N–H and O–H groups in total. The largest absolute Gasteiger partial charge is 0.368 e. The van der Waals surface area contributed by atoms with Crippen molar-refractivity contribution in [3.05, 3.63) is 41.6 Å². The normalized spacial score (nSPS) is 14.4. The van der Waals surface area contributed by atoms with Gasteiger partial charge in [0.05, 0.1) is 11.6 Å². The maximum Gasteiger partial charge on any atom is 0.226 e. The highest BCUT2D eigenvalue weighted by atomic mass is 15.3. The van der Waals surface area contributed by atoms with Crippen LogP contribution < -0.4 is 14.7 Å². The highest BCUT2D eigenvalue weighted by molar-refractivity contribution is 5.54. The van der Waals surface area contributed by atoms with Crippen molar-refractivity contribution >= 4 is 17.5 Å². The quantitative estimate of drug-likeness (QED) is 0.862. The van der Waals surface area contributed by atoms with E-state index in [1.165, 1.54) is 0 Å². The third-order valence-electron chi connectivity index (χ3n) is 4.17. The number of anilines is 3. The third kappa shape index (κ3) is 3.40. The Hall–Kier alpha value is -2.81. The van der Waals surface area contributed by atoms with Crippen LogP contribution in [0, 0.1) is 18.3 Å². The summed E-state index contributed by atoms with van der Waals surface area (Å²) in [5.74, 6) is 1.73. The summed E-state index contributed by atoms with van der Waals surface area (Å²) in [6, 6.07) is 12.0. The van der Waals surface area contributed by atoms with Crippen LogP contribution in [-0.4, -0.2) is 50.2 Å². The van der Waals surface area contributed by atoms with E-state index in [1.54, 1.807) is 0 Å². The number of nitrogens with zero attached hydrogens (tertiary/aromatic N) is 6. The molecule has 0 unspecified atom stereocenters. The molecule has 3 rings (SSSR count). The number of benzene rings is 1. The van der Waals surface area contributed by atoms with Gasteiger partial charge in [-0.3, -0.25) is 0 Å². The van der Waals surface area contributed by atoms with Crippen LogP contribution in [0.1, 0.15) is 11.3 Å². The van der Waals surface area contributed by atoms with Crippen LogP contribution >= 0.6 is 0 Å². The van der Waals surface area contributed by atoms with E-state index < -0.39 is 0 Å². The summed E-state index contributed by atoms with van der Waals surface area (Å²) in [5.41, 5.74) is 2.80. The Morgan fingerprint density at radius 2 is 1.75 bits per heavy atom. The average molecular weight is 322 g/mol. The summed E-state index contributed by atoms with van der Waals surface area (Å²) < 4.78 is 0. The molecule has 124 valence electrons. The van der Waals surface area contributed by atoms with E-state index >= 15 is 0 Å². The van der Waals surface area contributed by atoms with Crippen molar-refractivity contribution in [3.8, 4) is 6.07 Å². The Morgan fingerprint density at radius 3 is 2.42 bits per heavy atom. The second-order valence-corrected chi connectivity index (χ2v) is 6.20. The predicted molar refractivity (Wildman–Crippen MR) is 96.7 cm³/mol. The fraction of sp³-hybridized carbons (Fsp3) is 0.389. The molecule has 2 heterocycles. The van der Waals surface area contributed by atoms with Gasteiger partial charge in [0.25, 0.3) is 0 Å². The van der Waals surface area contributed by atoms with E-state index in [4.69, 9.17) is 5.26 Å². The maximum atomic E-state index is 9.05. The van der Waals surface area contributed by atoms with Gasteiger partial charge in [-0.05, 0) is 25.1 Å². The first kappa shape index (κ1) is 16.1. The molecular formula is C18H22N6. The summed E-state index contributed by atoms with van der Waals surface area (Å²) in [6.45, 7) is 5.63. The zero-order chi connectivity index (χ0) is 17.1. The van der Waals surface area contributed by atoms with E-state index in [9.17, 15) is 0 Å². The molecule has 2 aromatic rings. The van der Waals surface area contributed by atoms with Gasteiger partial charge in [0.2, 0.25) is 5.95 Å². The van der Waals surface area contributed by atoms with Gasteiger partial charge in [-0.15, -0.1) is 0 Å². The Bertz CT molecular complexity index is 756. The maximum absolute atomic E-state index is 9.05.